The maximum atomic E-state index is 12.4. The predicted octanol–water partition coefficient (Wildman–Crippen LogP) is 3.72. The lowest BCUT2D eigenvalue weighted by Crippen LogP contribution is -2.60. The van der Waals surface area contributed by atoms with Gasteiger partial charge in [-0.05, 0) is 44.9 Å². The van der Waals surface area contributed by atoms with Crippen LogP contribution < -0.4 is 0 Å². The first-order chi connectivity index (χ1) is 21.1. The van der Waals surface area contributed by atoms with Gasteiger partial charge in [0.05, 0.1) is 19.8 Å². The Hall–Kier alpha value is -1.94. The van der Waals surface area contributed by atoms with Crippen LogP contribution in [0.15, 0.2) is 48.6 Å². The van der Waals surface area contributed by atoms with Gasteiger partial charge in [-0.15, -0.1) is 0 Å². The molecule has 254 valence electrons. The van der Waals surface area contributed by atoms with E-state index in [-0.39, 0.29) is 19.6 Å². The third-order valence-corrected chi connectivity index (χ3v) is 6.93. The van der Waals surface area contributed by atoms with Crippen molar-refractivity contribution in [2.24, 2.45) is 0 Å². The smallest absolute Gasteiger partial charge is 0.397 e. The van der Waals surface area contributed by atoms with Gasteiger partial charge >= 0.3 is 16.4 Å². The highest BCUT2D eigenvalue weighted by molar-refractivity contribution is 7.80. The molecule has 0 saturated carbocycles. The lowest BCUT2D eigenvalue weighted by Gasteiger charge is -2.41. The highest BCUT2D eigenvalue weighted by Crippen LogP contribution is 2.25. The van der Waals surface area contributed by atoms with Gasteiger partial charge in [-0.3, -0.25) is 9.35 Å². The van der Waals surface area contributed by atoms with E-state index in [0.29, 0.717) is 13.0 Å². The molecule has 1 rings (SSSR count). The molecule has 1 saturated heterocycles. The molecule has 0 radical (unpaired) electrons. The van der Waals surface area contributed by atoms with Crippen molar-refractivity contribution in [3.8, 4) is 0 Å². The van der Waals surface area contributed by atoms with E-state index in [1.54, 1.807) is 0 Å². The molecular formula is C31H52O12S. The van der Waals surface area contributed by atoms with Gasteiger partial charge in [0.2, 0.25) is 0 Å². The van der Waals surface area contributed by atoms with Crippen molar-refractivity contribution < 1.29 is 56.2 Å². The second kappa shape index (κ2) is 24.3. The Morgan fingerprint density at radius 3 is 2.11 bits per heavy atom. The van der Waals surface area contributed by atoms with Crippen molar-refractivity contribution in [3.05, 3.63) is 48.6 Å². The van der Waals surface area contributed by atoms with E-state index in [9.17, 15) is 28.5 Å². The third kappa shape index (κ3) is 18.8. The van der Waals surface area contributed by atoms with Crippen LogP contribution in [0.5, 0.6) is 0 Å². The maximum Gasteiger partial charge on any atom is 0.397 e. The zero-order chi connectivity index (χ0) is 32.6. The molecule has 12 nitrogen and oxygen atoms in total. The zero-order valence-corrected chi connectivity index (χ0v) is 26.8. The van der Waals surface area contributed by atoms with Crippen molar-refractivity contribution in [3.63, 3.8) is 0 Å². The van der Waals surface area contributed by atoms with E-state index in [1.807, 2.05) is 6.92 Å². The molecule has 0 aliphatic carbocycles. The molecule has 0 spiro atoms. The summed E-state index contributed by atoms with van der Waals surface area (Å²) in [5, 5.41) is 30.2. The van der Waals surface area contributed by atoms with Crippen molar-refractivity contribution in [2.75, 3.05) is 26.4 Å². The van der Waals surface area contributed by atoms with Crippen molar-refractivity contribution >= 4 is 16.4 Å². The minimum absolute atomic E-state index is 0.00641. The number of carbonyl (C=O) groups excluding carboxylic acids is 1. The first-order valence-electron chi connectivity index (χ1n) is 15.4. The molecule has 6 unspecified atom stereocenters. The van der Waals surface area contributed by atoms with Crippen LogP contribution in [0.1, 0.15) is 78.1 Å². The molecule has 1 aliphatic rings. The van der Waals surface area contributed by atoms with Crippen LogP contribution in [0.25, 0.3) is 0 Å². The summed E-state index contributed by atoms with van der Waals surface area (Å²) in [5.41, 5.74) is 0. The van der Waals surface area contributed by atoms with Gasteiger partial charge in [-0.25, -0.2) is 4.18 Å². The topological polar surface area (TPSA) is 178 Å². The average Bonchev–Trinajstić information content (AvgIpc) is 2.98. The quantitative estimate of drug-likeness (QED) is 0.0517. The molecule has 0 aromatic heterocycles. The number of rotatable bonds is 24. The number of allylic oxidation sites excluding steroid dienone is 8. The van der Waals surface area contributed by atoms with Gasteiger partial charge in [0.15, 0.2) is 6.29 Å². The molecule has 1 heterocycles. The number of hydrogen-bond donors (Lipinski definition) is 4. The van der Waals surface area contributed by atoms with Gasteiger partial charge in [-0.1, -0.05) is 75.3 Å². The van der Waals surface area contributed by atoms with E-state index in [2.05, 4.69) is 59.7 Å². The fraction of sp³-hybridized carbons (Fsp3) is 0.710. The molecule has 4 N–H and O–H groups in total. The van der Waals surface area contributed by atoms with Crippen molar-refractivity contribution in [2.45, 2.75) is 115 Å². The minimum atomic E-state index is -5.05. The Bertz CT molecular complexity index is 978. The van der Waals surface area contributed by atoms with Gasteiger partial charge < -0.3 is 34.3 Å². The monoisotopic (exact) mass is 648 g/mol. The number of ether oxygens (including phenoxy) is 4. The van der Waals surface area contributed by atoms with Crippen LogP contribution in [0, 0.1) is 0 Å². The Labute approximate surface area is 262 Å². The van der Waals surface area contributed by atoms with Crippen LogP contribution >= 0.6 is 0 Å². The molecule has 0 amide bonds. The summed E-state index contributed by atoms with van der Waals surface area (Å²) < 4.78 is 57.9. The Kier molecular flexibility index (Phi) is 22.1. The van der Waals surface area contributed by atoms with Gasteiger partial charge in [0, 0.05) is 13.0 Å². The Morgan fingerprint density at radius 1 is 0.886 bits per heavy atom. The lowest BCUT2D eigenvalue weighted by molar-refractivity contribution is -0.301. The summed E-state index contributed by atoms with van der Waals surface area (Å²) in [5.74, 6) is -0.447. The van der Waals surface area contributed by atoms with Crippen molar-refractivity contribution in [1.29, 1.82) is 0 Å². The van der Waals surface area contributed by atoms with Crippen LogP contribution in [0.4, 0.5) is 0 Å². The molecule has 0 aromatic carbocycles. The molecule has 44 heavy (non-hydrogen) atoms. The third-order valence-electron chi connectivity index (χ3n) is 6.47. The average molecular weight is 649 g/mol. The number of unbranched alkanes of at least 4 members (excludes halogenated alkanes) is 3. The van der Waals surface area contributed by atoms with Crippen LogP contribution in [-0.2, 0) is 38.3 Å². The highest BCUT2D eigenvalue weighted by atomic mass is 32.3. The first kappa shape index (κ1) is 40.1. The number of esters is 1. The molecule has 1 aliphatic heterocycles. The fourth-order valence-electron chi connectivity index (χ4n) is 4.14. The number of carbonyl (C=O) groups is 1. The summed E-state index contributed by atoms with van der Waals surface area (Å²) in [6.45, 7) is 3.47. The first-order valence-corrected chi connectivity index (χ1v) is 16.8. The van der Waals surface area contributed by atoms with E-state index in [0.717, 1.165) is 51.4 Å². The largest absolute Gasteiger partial charge is 0.457 e. The Morgan fingerprint density at radius 2 is 1.52 bits per heavy atom. The molecular weight excluding hydrogens is 596 g/mol. The molecule has 6 atom stereocenters. The highest BCUT2D eigenvalue weighted by Gasteiger charge is 2.48. The second-order valence-electron chi connectivity index (χ2n) is 10.3. The van der Waals surface area contributed by atoms with Crippen LogP contribution in [0.3, 0.4) is 0 Å². The number of aliphatic hydroxyl groups excluding tert-OH is 3. The summed E-state index contributed by atoms with van der Waals surface area (Å²) in [7, 11) is -5.05. The molecule has 13 heteroatoms. The lowest BCUT2D eigenvalue weighted by atomic mass is 9.99. The predicted molar refractivity (Wildman–Crippen MR) is 165 cm³/mol. The van der Waals surface area contributed by atoms with E-state index >= 15 is 0 Å². The SMILES string of the molecule is CC/C=C\C/C=C\C/C=C\C/C=C\CCCOCC(COC1OC(CO)C(O)C(OS(=O)(=O)O)C1O)OC(=O)CCCCC. The van der Waals surface area contributed by atoms with Crippen LogP contribution in [0.2, 0.25) is 0 Å². The molecule has 0 aromatic rings. The minimum Gasteiger partial charge on any atom is -0.457 e. The molecule has 0 bridgehead atoms. The van der Waals surface area contributed by atoms with Gasteiger partial charge in [0.1, 0.15) is 30.5 Å². The normalized spacial score (nSPS) is 23.8. The second-order valence-corrected chi connectivity index (χ2v) is 11.4. The van der Waals surface area contributed by atoms with Gasteiger partial charge in [0.25, 0.3) is 0 Å². The standard InChI is InChI=1S/C31H52O12S/c1-3-5-7-8-9-10-11-12-13-14-15-16-17-19-21-39-23-25(41-27(33)20-18-6-4-2)24-40-31-29(35)30(43-44(36,37)38)28(34)26(22-32)42-31/h5,7,9-10,12-13,15-16,25-26,28-32,34-35H,3-4,6,8,11,14,17-24H2,1-2H3,(H,36,37,38)/b7-5-,10-9-,13-12-,16-15-. The van der Waals surface area contributed by atoms with Gasteiger partial charge in [-0.2, -0.15) is 8.42 Å². The summed E-state index contributed by atoms with van der Waals surface area (Å²) in [6.07, 6.45) is 15.7. The van der Waals surface area contributed by atoms with E-state index in [1.165, 1.54) is 0 Å². The van der Waals surface area contributed by atoms with Crippen molar-refractivity contribution in [1.82, 2.24) is 0 Å². The summed E-state index contributed by atoms with van der Waals surface area (Å²) >= 11 is 0. The maximum absolute atomic E-state index is 12.4. The fourth-order valence-corrected chi connectivity index (χ4v) is 4.65. The van der Waals surface area contributed by atoms with E-state index < -0.39 is 59.8 Å². The number of hydrogen-bond acceptors (Lipinski definition) is 11. The molecule has 1 fully saturated rings. The summed E-state index contributed by atoms with van der Waals surface area (Å²) in [4.78, 5) is 12.4. The Balaban J connectivity index is 2.54. The number of aliphatic hydroxyl groups is 3. The van der Waals surface area contributed by atoms with Crippen LogP contribution in [-0.4, -0.2) is 97.5 Å². The summed E-state index contributed by atoms with van der Waals surface area (Å²) in [6, 6.07) is 0. The zero-order valence-electron chi connectivity index (χ0n) is 25.9. The van der Waals surface area contributed by atoms with E-state index in [4.69, 9.17) is 23.5 Å².